The van der Waals surface area contributed by atoms with E-state index in [1.807, 2.05) is 25.1 Å². The molecule has 1 aromatic carbocycles. The molecule has 1 amide bonds. The normalized spacial score (nSPS) is 10.6. The zero-order valence-corrected chi connectivity index (χ0v) is 13.1. The number of hydrogen-bond acceptors (Lipinski definition) is 6. The number of carbonyl (C=O) groups is 2. The van der Waals surface area contributed by atoms with Gasteiger partial charge in [0.05, 0.1) is 16.8 Å². The topological polar surface area (TPSA) is 91.3 Å². The number of carboxylic acid groups (broad SMARTS) is 1. The molecule has 1 aromatic heterocycles. The third-order valence-electron chi connectivity index (χ3n) is 2.95. The second-order valence-corrected chi connectivity index (χ2v) is 5.74. The highest BCUT2D eigenvalue weighted by Crippen LogP contribution is 2.29. The molecule has 0 fully saturated rings. The van der Waals surface area contributed by atoms with Gasteiger partial charge in [0, 0.05) is 12.4 Å². The second-order valence-electron chi connectivity index (χ2n) is 4.71. The van der Waals surface area contributed by atoms with Crippen LogP contribution in [0.5, 0.6) is 5.75 Å². The van der Waals surface area contributed by atoms with Gasteiger partial charge in [0.2, 0.25) is 5.91 Å². The van der Waals surface area contributed by atoms with Crippen LogP contribution in [0.1, 0.15) is 32.6 Å². The fraction of sp³-hybridized carbons (Fsp3) is 0.400. The quantitative estimate of drug-likeness (QED) is 0.750. The Morgan fingerprint density at radius 1 is 1.32 bits per heavy atom. The van der Waals surface area contributed by atoms with Crippen molar-refractivity contribution < 1.29 is 19.4 Å². The zero-order chi connectivity index (χ0) is 15.9. The fourth-order valence-corrected chi connectivity index (χ4v) is 2.86. The number of benzene rings is 1. The Morgan fingerprint density at radius 2 is 2.09 bits per heavy atom. The van der Waals surface area contributed by atoms with Crippen molar-refractivity contribution in [2.24, 2.45) is 0 Å². The SMILES string of the molecule is CCOc1ccc2nc(NC(=O)CCCCC(=O)[O-])sc2c1. The lowest BCUT2D eigenvalue weighted by atomic mass is 10.2. The lowest BCUT2D eigenvalue weighted by Crippen LogP contribution is -2.21. The zero-order valence-electron chi connectivity index (χ0n) is 12.3. The van der Waals surface area contributed by atoms with Crippen molar-refractivity contribution in [1.29, 1.82) is 0 Å². The van der Waals surface area contributed by atoms with E-state index in [1.165, 1.54) is 11.3 Å². The fourth-order valence-electron chi connectivity index (χ4n) is 1.95. The maximum atomic E-state index is 11.8. The minimum Gasteiger partial charge on any atom is -0.550 e. The summed E-state index contributed by atoms with van der Waals surface area (Å²) in [5.41, 5.74) is 0.806. The van der Waals surface area contributed by atoms with Crippen LogP contribution in [-0.4, -0.2) is 23.5 Å². The van der Waals surface area contributed by atoms with E-state index < -0.39 is 5.97 Å². The number of hydrogen-bond donors (Lipinski definition) is 1. The van der Waals surface area contributed by atoms with Gasteiger partial charge in [-0.3, -0.25) is 4.79 Å². The van der Waals surface area contributed by atoms with E-state index in [-0.39, 0.29) is 18.7 Å². The van der Waals surface area contributed by atoms with Gasteiger partial charge in [-0.25, -0.2) is 4.98 Å². The van der Waals surface area contributed by atoms with Crippen LogP contribution in [0.4, 0.5) is 5.13 Å². The van der Waals surface area contributed by atoms with Crippen molar-refractivity contribution in [3.8, 4) is 5.75 Å². The van der Waals surface area contributed by atoms with Crippen LogP contribution in [-0.2, 0) is 9.59 Å². The van der Waals surface area contributed by atoms with Gasteiger partial charge >= 0.3 is 0 Å². The molecule has 6 nitrogen and oxygen atoms in total. The van der Waals surface area contributed by atoms with Crippen LogP contribution in [0, 0.1) is 0 Å². The molecule has 0 saturated heterocycles. The summed E-state index contributed by atoms with van der Waals surface area (Å²) in [6, 6.07) is 5.59. The Balaban J connectivity index is 1.90. The number of nitrogens with zero attached hydrogens (tertiary/aromatic N) is 1. The molecular formula is C15H17N2O4S-. The van der Waals surface area contributed by atoms with E-state index in [2.05, 4.69) is 10.3 Å². The van der Waals surface area contributed by atoms with E-state index in [4.69, 9.17) is 4.74 Å². The number of ether oxygens (including phenoxy) is 1. The largest absolute Gasteiger partial charge is 0.550 e. The second kappa shape index (κ2) is 7.74. The van der Waals surface area contributed by atoms with Crippen LogP contribution < -0.4 is 15.2 Å². The van der Waals surface area contributed by atoms with Crippen molar-refractivity contribution >= 4 is 38.6 Å². The number of carbonyl (C=O) groups excluding carboxylic acids is 2. The predicted molar refractivity (Wildman–Crippen MR) is 82.9 cm³/mol. The molecule has 7 heteroatoms. The first-order valence-electron chi connectivity index (χ1n) is 7.11. The maximum Gasteiger partial charge on any atom is 0.226 e. The van der Waals surface area contributed by atoms with Crippen molar-refractivity contribution in [3.05, 3.63) is 18.2 Å². The van der Waals surface area contributed by atoms with Gasteiger partial charge in [0.1, 0.15) is 5.75 Å². The number of unbranched alkanes of at least 4 members (excludes halogenated alkanes) is 1. The number of aromatic nitrogens is 1. The number of nitrogens with one attached hydrogen (secondary N) is 1. The smallest absolute Gasteiger partial charge is 0.226 e. The summed E-state index contributed by atoms with van der Waals surface area (Å²) in [7, 11) is 0. The minimum absolute atomic E-state index is 0.0192. The third kappa shape index (κ3) is 4.70. The number of anilines is 1. The molecule has 118 valence electrons. The number of amides is 1. The van der Waals surface area contributed by atoms with Gasteiger partial charge in [-0.05, 0) is 44.4 Å². The molecule has 0 atom stereocenters. The van der Waals surface area contributed by atoms with Crippen LogP contribution >= 0.6 is 11.3 Å². The average Bonchev–Trinajstić information content (AvgIpc) is 2.85. The minimum atomic E-state index is -1.09. The number of rotatable bonds is 8. The molecule has 22 heavy (non-hydrogen) atoms. The van der Waals surface area contributed by atoms with Gasteiger partial charge in [-0.15, -0.1) is 0 Å². The first-order valence-corrected chi connectivity index (χ1v) is 7.93. The monoisotopic (exact) mass is 321 g/mol. The molecule has 0 aliphatic rings. The van der Waals surface area contributed by atoms with Crippen molar-refractivity contribution in [3.63, 3.8) is 0 Å². The number of aliphatic carboxylic acids is 1. The molecule has 1 N–H and O–H groups in total. The summed E-state index contributed by atoms with van der Waals surface area (Å²) in [5, 5.41) is 13.5. The van der Waals surface area contributed by atoms with E-state index in [9.17, 15) is 14.7 Å². The highest BCUT2D eigenvalue weighted by molar-refractivity contribution is 7.22. The van der Waals surface area contributed by atoms with Gasteiger partial charge in [0.15, 0.2) is 5.13 Å². The van der Waals surface area contributed by atoms with E-state index >= 15 is 0 Å². The summed E-state index contributed by atoms with van der Waals surface area (Å²) in [6.45, 7) is 2.52. The summed E-state index contributed by atoms with van der Waals surface area (Å²) in [4.78, 5) is 26.4. The molecule has 0 aliphatic carbocycles. The van der Waals surface area contributed by atoms with Crippen molar-refractivity contribution in [2.75, 3.05) is 11.9 Å². The molecule has 0 bridgehead atoms. The first kappa shape index (κ1) is 16.2. The Morgan fingerprint density at radius 3 is 2.82 bits per heavy atom. The van der Waals surface area contributed by atoms with Gasteiger partial charge in [-0.1, -0.05) is 11.3 Å². The maximum absolute atomic E-state index is 11.8. The third-order valence-corrected chi connectivity index (χ3v) is 3.89. The van der Waals surface area contributed by atoms with Gasteiger partial charge < -0.3 is 20.0 Å². The van der Waals surface area contributed by atoms with Gasteiger partial charge in [0.25, 0.3) is 0 Å². The highest BCUT2D eigenvalue weighted by Gasteiger charge is 2.08. The molecule has 2 rings (SSSR count). The van der Waals surface area contributed by atoms with E-state index in [0.29, 0.717) is 24.6 Å². The molecule has 1 heterocycles. The van der Waals surface area contributed by atoms with Gasteiger partial charge in [-0.2, -0.15) is 0 Å². The molecular weight excluding hydrogens is 304 g/mol. The number of fused-ring (bicyclic) bond motifs is 1. The lowest BCUT2D eigenvalue weighted by molar-refractivity contribution is -0.305. The van der Waals surface area contributed by atoms with Crippen molar-refractivity contribution in [2.45, 2.75) is 32.6 Å². The van der Waals surface area contributed by atoms with Crippen LogP contribution in [0.3, 0.4) is 0 Å². The van der Waals surface area contributed by atoms with Crippen LogP contribution in [0.2, 0.25) is 0 Å². The molecule has 0 spiro atoms. The number of thiazole rings is 1. The number of carboxylic acids is 1. The Labute approximate surface area is 132 Å². The molecule has 2 aromatic rings. The average molecular weight is 321 g/mol. The van der Waals surface area contributed by atoms with Crippen molar-refractivity contribution in [1.82, 2.24) is 4.98 Å². The Bertz CT molecular complexity index is 669. The molecule has 0 unspecified atom stereocenters. The lowest BCUT2D eigenvalue weighted by Gasteiger charge is -2.02. The van der Waals surface area contributed by atoms with Crippen LogP contribution in [0.25, 0.3) is 10.2 Å². The summed E-state index contributed by atoms with van der Waals surface area (Å²) in [5.74, 6) is -0.474. The highest BCUT2D eigenvalue weighted by atomic mass is 32.1. The Hall–Kier alpha value is -2.15. The summed E-state index contributed by atoms with van der Waals surface area (Å²) >= 11 is 1.38. The molecule has 0 aliphatic heterocycles. The first-order chi connectivity index (χ1) is 10.6. The summed E-state index contributed by atoms with van der Waals surface area (Å²) < 4.78 is 6.37. The predicted octanol–water partition coefficient (Wildman–Crippen LogP) is 1.94. The summed E-state index contributed by atoms with van der Waals surface area (Å²) in [6.07, 6.45) is 1.20. The van der Waals surface area contributed by atoms with E-state index in [1.54, 1.807) is 0 Å². The van der Waals surface area contributed by atoms with Crippen LogP contribution in [0.15, 0.2) is 18.2 Å². The molecule has 0 saturated carbocycles. The van der Waals surface area contributed by atoms with E-state index in [0.717, 1.165) is 16.0 Å². The Kier molecular flexibility index (Phi) is 5.71. The molecule has 0 radical (unpaired) electrons. The standard InChI is InChI=1S/C15H18N2O4S/c1-2-21-10-7-8-11-12(9-10)22-15(16-11)17-13(18)5-3-4-6-14(19)20/h7-9H,2-6H2,1H3,(H,19,20)(H,16,17,18)/p-1.